The van der Waals surface area contributed by atoms with Crippen LogP contribution in [0.1, 0.15) is 12.8 Å². The van der Waals surface area contributed by atoms with Crippen molar-refractivity contribution in [2.24, 2.45) is 0 Å². The smallest absolute Gasteiger partial charge is 0.233 e. The van der Waals surface area contributed by atoms with E-state index < -0.39 is 0 Å². The zero-order valence-corrected chi connectivity index (χ0v) is 18.9. The Balaban J connectivity index is 0. The summed E-state index contributed by atoms with van der Waals surface area (Å²) in [6, 6.07) is 3.63. The molecular weight excluding hydrogens is 440 g/mol. The summed E-state index contributed by atoms with van der Waals surface area (Å²) in [5.74, 6) is 1.11. The first-order valence-corrected chi connectivity index (χ1v) is 7.86. The third-order valence-electron chi connectivity index (χ3n) is 3.06. The molecule has 0 fully saturated rings. The molecule has 1 heterocycles. The second-order valence-corrected chi connectivity index (χ2v) is 7.64. The molecule has 24 heavy (non-hydrogen) atoms. The number of quaternary nitrogens is 2. The molecule has 1 aromatic rings. The van der Waals surface area contributed by atoms with E-state index in [0.717, 1.165) is 34.9 Å². The summed E-state index contributed by atoms with van der Waals surface area (Å²) < 4.78 is 13.0. The van der Waals surface area contributed by atoms with Gasteiger partial charge in [0.05, 0.1) is 68.6 Å². The summed E-state index contributed by atoms with van der Waals surface area (Å²) in [6.45, 7) is 3.46. The minimum absolute atomic E-state index is 0. The molecule has 1 rings (SSSR count). The van der Waals surface area contributed by atoms with Crippen LogP contribution < -0.4 is 43.4 Å². The molecule has 0 atom stereocenters. The fourth-order valence-corrected chi connectivity index (χ4v) is 1.89. The van der Waals surface area contributed by atoms with Gasteiger partial charge in [0, 0.05) is 25.0 Å². The largest absolute Gasteiger partial charge is 1.00 e. The lowest BCUT2D eigenvalue weighted by Gasteiger charge is -2.23. The van der Waals surface area contributed by atoms with Gasteiger partial charge in [0.25, 0.3) is 0 Å². The second kappa shape index (κ2) is 12.0. The van der Waals surface area contributed by atoms with Crippen molar-refractivity contribution >= 4 is 0 Å². The third-order valence-corrected chi connectivity index (χ3v) is 3.06. The number of ether oxygens (including phenoxy) is 2. The Hall–Kier alpha value is -0.440. The average Bonchev–Trinajstić information content (AvgIpc) is 2.39. The van der Waals surface area contributed by atoms with E-state index in [0.29, 0.717) is 25.0 Å². The average molecular weight is 472 g/mol. The Morgan fingerprint density at radius 3 is 1.29 bits per heavy atom. The van der Waals surface area contributed by atoms with Crippen LogP contribution in [-0.2, 0) is 0 Å². The molecule has 6 nitrogen and oxygen atoms in total. The summed E-state index contributed by atoms with van der Waals surface area (Å²) in [5.41, 5.74) is 0. The first-order valence-electron chi connectivity index (χ1n) is 7.86. The maximum atomic E-state index is 5.59. The van der Waals surface area contributed by atoms with Gasteiger partial charge in [-0.05, 0) is 0 Å². The van der Waals surface area contributed by atoms with Crippen LogP contribution in [0.4, 0.5) is 0 Å². The van der Waals surface area contributed by atoms with Crippen molar-refractivity contribution in [1.82, 2.24) is 10.2 Å². The SMILES string of the molecule is C[N+](C)(C)CCCOc1ccc(OCCC[N+](C)(C)C)nn1.[Br-].[Br-]. The molecule has 0 aliphatic carbocycles. The van der Waals surface area contributed by atoms with E-state index in [4.69, 9.17) is 9.47 Å². The Morgan fingerprint density at radius 1 is 0.708 bits per heavy atom. The minimum atomic E-state index is 0. The van der Waals surface area contributed by atoms with E-state index in [2.05, 4.69) is 52.5 Å². The van der Waals surface area contributed by atoms with E-state index in [1.165, 1.54) is 0 Å². The van der Waals surface area contributed by atoms with E-state index in [-0.39, 0.29) is 34.0 Å². The lowest BCUT2D eigenvalue weighted by atomic mass is 10.4. The number of nitrogens with zero attached hydrogens (tertiary/aromatic N) is 4. The predicted octanol–water partition coefficient (Wildman–Crippen LogP) is -4.57. The van der Waals surface area contributed by atoms with Gasteiger partial charge in [-0.25, -0.2) is 0 Å². The maximum absolute atomic E-state index is 5.59. The van der Waals surface area contributed by atoms with Crippen molar-refractivity contribution in [3.8, 4) is 11.8 Å². The highest BCUT2D eigenvalue weighted by molar-refractivity contribution is 5.15. The summed E-state index contributed by atoms with van der Waals surface area (Å²) >= 11 is 0. The summed E-state index contributed by atoms with van der Waals surface area (Å²) in [5, 5.41) is 8.07. The van der Waals surface area contributed by atoms with Gasteiger partial charge in [-0.3, -0.25) is 0 Å². The van der Waals surface area contributed by atoms with E-state index in [1.807, 2.05) is 12.1 Å². The number of rotatable bonds is 10. The number of hydrogen-bond donors (Lipinski definition) is 0. The van der Waals surface area contributed by atoms with Crippen molar-refractivity contribution in [1.29, 1.82) is 0 Å². The number of aromatic nitrogens is 2. The van der Waals surface area contributed by atoms with Gasteiger partial charge in [-0.1, -0.05) is 0 Å². The van der Waals surface area contributed by atoms with Gasteiger partial charge in [-0.15, -0.1) is 10.2 Å². The van der Waals surface area contributed by atoms with E-state index >= 15 is 0 Å². The van der Waals surface area contributed by atoms with E-state index in [9.17, 15) is 0 Å². The van der Waals surface area contributed by atoms with Crippen molar-refractivity contribution < 1.29 is 52.4 Å². The van der Waals surface area contributed by atoms with Crippen LogP contribution in [0.5, 0.6) is 11.8 Å². The van der Waals surface area contributed by atoms with Crippen LogP contribution in [0.3, 0.4) is 0 Å². The molecule has 0 aromatic carbocycles. The predicted molar refractivity (Wildman–Crippen MR) is 88.1 cm³/mol. The standard InChI is InChI=1S/C16H32N4O2.2BrH/c1-19(2,3)11-7-13-21-15-9-10-16(18-17-15)22-14-8-12-20(4,5)6;;/h9-10H,7-8,11-14H2,1-6H3;2*1H/q+2;;/p-2. The number of hydrogen-bond acceptors (Lipinski definition) is 4. The summed E-state index contributed by atoms with van der Waals surface area (Å²) in [6.07, 6.45) is 1.99. The lowest BCUT2D eigenvalue weighted by Crippen LogP contribution is -3.00. The van der Waals surface area contributed by atoms with Crippen molar-refractivity contribution in [2.75, 3.05) is 68.6 Å². The van der Waals surface area contributed by atoms with Crippen molar-refractivity contribution in [3.05, 3.63) is 12.1 Å². The van der Waals surface area contributed by atoms with Crippen LogP contribution in [0.2, 0.25) is 0 Å². The Kier molecular flexibility index (Phi) is 12.9. The molecule has 0 amide bonds. The quantitative estimate of drug-likeness (QED) is 0.254. The molecule has 0 saturated heterocycles. The van der Waals surface area contributed by atoms with Gasteiger partial charge >= 0.3 is 0 Å². The van der Waals surface area contributed by atoms with Gasteiger partial charge in [0.15, 0.2) is 0 Å². The van der Waals surface area contributed by atoms with Crippen LogP contribution in [0.25, 0.3) is 0 Å². The molecule has 0 bridgehead atoms. The van der Waals surface area contributed by atoms with Crippen molar-refractivity contribution in [3.63, 3.8) is 0 Å². The molecule has 0 radical (unpaired) electrons. The van der Waals surface area contributed by atoms with Gasteiger partial charge in [-0.2, -0.15) is 0 Å². The first kappa shape index (κ1) is 25.8. The highest BCUT2D eigenvalue weighted by Gasteiger charge is 2.08. The Morgan fingerprint density at radius 2 is 1.04 bits per heavy atom. The fraction of sp³-hybridized carbons (Fsp3) is 0.750. The molecular formula is C16H32Br2N4O2. The van der Waals surface area contributed by atoms with Gasteiger partial charge < -0.3 is 52.4 Å². The van der Waals surface area contributed by atoms with Crippen LogP contribution in [0.15, 0.2) is 12.1 Å². The minimum Gasteiger partial charge on any atom is -1.00 e. The van der Waals surface area contributed by atoms with E-state index in [1.54, 1.807) is 0 Å². The zero-order valence-electron chi connectivity index (χ0n) is 15.8. The normalized spacial score (nSPS) is 11.2. The fourth-order valence-electron chi connectivity index (χ4n) is 1.89. The maximum Gasteiger partial charge on any atom is 0.233 e. The molecule has 0 aliphatic rings. The first-order chi connectivity index (χ1) is 10.2. The third kappa shape index (κ3) is 13.9. The Labute approximate surface area is 167 Å². The van der Waals surface area contributed by atoms with Gasteiger partial charge in [0.1, 0.15) is 0 Å². The number of halogens is 2. The van der Waals surface area contributed by atoms with Gasteiger partial charge in [0.2, 0.25) is 11.8 Å². The molecule has 0 aliphatic heterocycles. The monoisotopic (exact) mass is 470 g/mol. The summed E-state index contributed by atoms with van der Waals surface area (Å²) in [7, 11) is 13.0. The Bertz CT molecular complexity index is 390. The topological polar surface area (TPSA) is 44.2 Å². The van der Waals surface area contributed by atoms with Crippen LogP contribution in [0, 0.1) is 0 Å². The molecule has 0 N–H and O–H groups in total. The molecule has 0 unspecified atom stereocenters. The summed E-state index contributed by atoms with van der Waals surface area (Å²) in [4.78, 5) is 0. The highest BCUT2D eigenvalue weighted by Crippen LogP contribution is 2.11. The highest BCUT2D eigenvalue weighted by atomic mass is 79.9. The second-order valence-electron chi connectivity index (χ2n) is 7.64. The zero-order chi connectivity index (χ0) is 16.6. The molecule has 0 spiro atoms. The molecule has 8 heteroatoms. The van der Waals surface area contributed by atoms with Crippen molar-refractivity contribution in [2.45, 2.75) is 12.8 Å². The lowest BCUT2D eigenvalue weighted by molar-refractivity contribution is -0.870. The van der Waals surface area contributed by atoms with Crippen LogP contribution >= 0.6 is 0 Å². The van der Waals surface area contributed by atoms with Crippen LogP contribution in [-0.4, -0.2) is 87.8 Å². The molecule has 142 valence electrons. The molecule has 0 saturated carbocycles. The molecule has 1 aromatic heterocycles.